The Balaban J connectivity index is 1.41. The smallest absolute Gasteiger partial charge is 0.497 e. The molecule has 0 bridgehead atoms. The number of alkyl halides is 2. The quantitative estimate of drug-likeness (QED) is 0.371. The van der Waals surface area contributed by atoms with Crippen LogP contribution in [-0.4, -0.2) is 29.0 Å². The van der Waals surface area contributed by atoms with Crippen molar-refractivity contribution in [2.24, 2.45) is 0 Å². The fourth-order valence-electron chi connectivity index (χ4n) is 4.74. The normalized spacial score (nSPS) is 16.5. The van der Waals surface area contributed by atoms with Gasteiger partial charge in [-0.3, -0.25) is 9.59 Å². The standard InChI is InChI=1S/C27H19F3N2O5/c1-35-18-6-7-19-20(13-18)25(34)32(31-24(19)15-3-2-4-17(28)11-15)14-23(33)26(9-10-26)16-5-8-21-22(12-16)37-27(29,30)36-21/h2-8,11-13H,9-10,14H2,1H3. The van der Waals surface area contributed by atoms with Gasteiger partial charge in [0.15, 0.2) is 17.3 Å². The van der Waals surface area contributed by atoms with Gasteiger partial charge in [-0.15, -0.1) is 8.78 Å². The van der Waals surface area contributed by atoms with Gasteiger partial charge in [0, 0.05) is 10.9 Å². The van der Waals surface area contributed by atoms with Crippen molar-refractivity contribution < 1.29 is 32.2 Å². The lowest BCUT2D eigenvalue weighted by atomic mass is 9.91. The van der Waals surface area contributed by atoms with Gasteiger partial charge in [-0.05, 0) is 60.9 Å². The molecule has 0 spiro atoms. The SMILES string of the molecule is COc1ccc2c(-c3cccc(F)c3)nn(CC(=O)C3(c4ccc5c(c4)OC(F)(F)O5)CC3)c(=O)c2c1. The van der Waals surface area contributed by atoms with E-state index in [1.54, 1.807) is 30.3 Å². The highest BCUT2D eigenvalue weighted by Crippen LogP contribution is 2.52. The van der Waals surface area contributed by atoms with Crippen LogP contribution in [0.3, 0.4) is 0 Å². The monoisotopic (exact) mass is 508 g/mol. The number of ketones is 1. The highest BCUT2D eigenvalue weighted by molar-refractivity contribution is 5.96. The Hall–Kier alpha value is -4.34. The topological polar surface area (TPSA) is 79.7 Å². The first kappa shape index (κ1) is 23.1. The number of rotatable bonds is 6. The molecule has 188 valence electrons. The van der Waals surface area contributed by atoms with E-state index in [9.17, 15) is 22.8 Å². The summed E-state index contributed by atoms with van der Waals surface area (Å²) in [5.74, 6) is -0.601. The molecule has 6 rings (SSSR count). The average molecular weight is 508 g/mol. The van der Waals surface area contributed by atoms with Crippen LogP contribution in [0.5, 0.6) is 17.2 Å². The lowest BCUT2D eigenvalue weighted by Gasteiger charge is -2.17. The number of halogens is 3. The second kappa shape index (κ2) is 8.09. The molecule has 10 heteroatoms. The van der Waals surface area contributed by atoms with Crippen LogP contribution >= 0.6 is 0 Å². The summed E-state index contributed by atoms with van der Waals surface area (Å²) in [6.07, 6.45) is -2.80. The molecule has 0 N–H and O–H groups in total. The van der Waals surface area contributed by atoms with E-state index in [0.717, 1.165) is 4.68 Å². The van der Waals surface area contributed by atoms with E-state index >= 15 is 0 Å². The molecule has 2 aliphatic rings. The number of Topliss-reactive ketones (excluding diaryl/α,β-unsaturated/α-hetero) is 1. The van der Waals surface area contributed by atoms with Crippen molar-refractivity contribution in [1.29, 1.82) is 0 Å². The van der Waals surface area contributed by atoms with Gasteiger partial charge in [-0.25, -0.2) is 9.07 Å². The molecule has 2 heterocycles. The zero-order valence-corrected chi connectivity index (χ0v) is 19.5. The van der Waals surface area contributed by atoms with Gasteiger partial charge in [0.1, 0.15) is 18.1 Å². The van der Waals surface area contributed by atoms with Crippen LogP contribution in [0.25, 0.3) is 22.0 Å². The second-order valence-corrected chi connectivity index (χ2v) is 9.07. The van der Waals surface area contributed by atoms with Gasteiger partial charge in [-0.1, -0.05) is 18.2 Å². The summed E-state index contributed by atoms with van der Waals surface area (Å²) in [6, 6.07) is 14.9. The minimum atomic E-state index is -3.77. The molecule has 7 nitrogen and oxygen atoms in total. The van der Waals surface area contributed by atoms with Crippen LogP contribution in [-0.2, 0) is 16.8 Å². The van der Waals surface area contributed by atoms with Crippen molar-refractivity contribution in [1.82, 2.24) is 9.78 Å². The Bertz CT molecular complexity index is 1650. The van der Waals surface area contributed by atoms with Gasteiger partial charge in [0.2, 0.25) is 0 Å². The lowest BCUT2D eigenvalue weighted by Crippen LogP contribution is -2.32. The molecule has 1 fully saturated rings. The van der Waals surface area contributed by atoms with Gasteiger partial charge >= 0.3 is 6.29 Å². The maximum Gasteiger partial charge on any atom is 0.586 e. The van der Waals surface area contributed by atoms with Crippen molar-refractivity contribution in [3.8, 4) is 28.5 Å². The third-order valence-electron chi connectivity index (χ3n) is 6.80. The van der Waals surface area contributed by atoms with E-state index in [-0.39, 0.29) is 29.2 Å². The molecule has 0 unspecified atom stereocenters. The summed E-state index contributed by atoms with van der Waals surface area (Å²) in [4.78, 5) is 26.9. The molecular weight excluding hydrogens is 489 g/mol. The van der Waals surface area contributed by atoms with Gasteiger partial charge < -0.3 is 14.2 Å². The molecule has 1 aromatic heterocycles. The van der Waals surface area contributed by atoms with Crippen molar-refractivity contribution in [3.05, 3.63) is 82.4 Å². The first-order chi connectivity index (χ1) is 17.7. The molecule has 1 aliphatic heterocycles. The highest BCUT2D eigenvalue weighted by atomic mass is 19.3. The van der Waals surface area contributed by atoms with Crippen molar-refractivity contribution in [2.45, 2.75) is 31.1 Å². The number of aromatic nitrogens is 2. The largest absolute Gasteiger partial charge is 0.586 e. The molecule has 3 aromatic carbocycles. The van der Waals surface area contributed by atoms with Crippen LogP contribution < -0.4 is 19.8 Å². The number of benzene rings is 3. The maximum atomic E-state index is 14.0. The zero-order valence-electron chi connectivity index (χ0n) is 19.5. The van der Waals surface area contributed by atoms with Crippen molar-refractivity contribution >= 4 is 16.6 Å². The van der Waals surface area contributed by atoms with Crippen LogP contribution in [0.4, 0.5) is 13.2 Å². The summed E-state index contributed by atoms with van der Waals surface area (Å²) in [5.41, 5.74) is -0.199. The minimum absolute atomic E-state index is 0.113. The molecular formula is C27H19F3N2O5. The van der Waals surface area contributed by atoms with E-state index in [0.29, 0.717) is 40.8 Å². The number of nitrogens with zero attached hydrogens (tertiary/aromatic N) is 2. The third-order valence-corrected chi connectivity index (χ3v) is 6.80. The summed E-state index contributed by atoms with van der Waals surface area (Å²) < 4.78 is 56.3. The fourth-order valence-corrected chi connectivity index (χ4v) is 4.74. The van der Waals surface area contributed by atoms with Gasteiger partial charge in [0.05, 0.1) is 23.6 Å². The molecule has 4 aromatic rings. The van der Waals surface area contributed by atoms with Gasteiger partial charge in [0.25, 0.3) is 5.56 Å². The molecule has 0 atom stereocenters. The predicted octanol–water partition coefficient (Wildman–Crippen LogP) is 4.83. The summed E-state index contributed by atoms with van der Waals surface area (Å²) in [7, 11) is 1.47. The van der Waals surface area contributed by atoms with Crippen molar-refractivity contribution in [2.75, 3.05) is 7.11 Å². The molecule has 0 amide bonds. The molecule has 37 heavy (non-hydrogen) atoms. The molecule has 0 radical (unpaired) electrons. The Kier molecular flexibility index (Phi) is 5.05. The number of carbonyl (C=O) groups excluding carboxylic acids is 1. The number of carbonyl (C=O) groups is 1. The predicted molar refractivity (Wildman–Crippen MR) is 127 cm³/mol. The van der Waals surface area contributed by atoms with E-state index in [1.165, 1.54) is 37.4 Å². The first-order valence-corrected chi connectivity index (χ1v) is 11.5. The third kappa shape index (κ3) is 3.89. The second-order valence-electron chi connectivity index (χ2n) is 9.07. The average Bonchev–Trinajstić information content (AvgIpc) is 3.62. The number of methoxy groups -OCH3 is 1. The summed E-state index contributed by atoms with van der Waals surface area (Å²) in [5, 5.41) is 5.20. The van der Waals surface area contributed by atoms with Crippen LogP contribution in [0.2, 0.25) is 0 Å². The summed E-state index contributed by atoms with van der Waals surface area (Å²) >= 11 is 0. The Labute approximate surface area is 208 Å². The fraction of sp³-hybridized carbons (Fsp3) is 0.222. The van der Waals surface area contributed by atoms with E-state index in [1.807, 2.05) is 0 Å². The molecule has 1 saturated carbocycles. The highest BCUT2D eigenvalue weighted by Gasteiger charge is 2.52. The summed E-state index contributed by atoms with van der Waals surface area (Å²) in [6.45, 7) is -0.362. The van der Waals surface area contributed by atoms with Gasteiger partial charge in [-0.2, -0.15) is 5.10 Å². The molecule has 1 aliphatic carbocycles. The number of hydrogen-bond donors (Lipinski definition) is 0. The first-order valence-electron chi connectivity index (χ1n) is 11.5. The zero-order chi connectivity index (χ0) is 25.9. The Morgan fingerprint density at radius 1 is 1.03 bits per heavy atom. The number of hydrogen-bond acceptors (Lipinski definition) is 6. The molecule has 0 saturated heterocycles. The van der Waals surface area contributed by atoms with E-state index in [4.69, 9.17) is 4.74 Å². The Morgan fingerprint density at radius 2 is 1.81 bits per heavy atom. The lowest BCUT2D eigenvalue weighted by molar-refractivity contribution is -0.286. The Morgan fingerprint density at radius 3 is 2.54 bits per heavy atom. The number of ether oxygens (including phenoxy) is 3. The minimum Gasteiger partial charge on any atom is -0.497 e. The van der Waals surface area contributed by atoms with E-state index in [2.05, 4.69) is 14.6 Å². The maximum absolute atomic E-state index is 14.0. The number of fused-ring (bicyclic) bond motifs is 2. The van der Waals surface area contributed by atoms with Crippen LogP contribution in [0.1, 0.15) is 18.4 Å². The van der Waals surface area contributed by atoms with E-state index < -0.39 is 23.1 Å². The van der Waals surface area contributed by atoms with Crippen LogP contribution in [0, 0.1) is 5.82 Å². The van der Waals surface area contributed by atoms with Crippen LogP contribution in [0.15, 0.2) is 65.5 Å². The van der Waals surface area contributed by atoms with Crippen molar-refractivity contribution in [3.63, 3.8) is 0 Å².